The number of fused-ring (bicyclic) bond motifs is 1. The number of methoxy groups -OCH3 is 1. The Labute approximate surface area is 579 Å². The molecule has 5 heterocycles. The molecule has 28 nitrogen and oxygen atoms in total. The number of aliphatic hydroxyl groups excluding tert-OH is 2. The lowest BCUT2D eigenvalue weighted by Gasteiger charge is -2.38. The number of nitrogens with one attached hydrogen (secondary N) is 4. The van der Waals surface area contributed by atoms with Crippen LogP contribution in [0.2, 0.25) is 0 Å². The number of nitrogens with zero attached hydrogens (tertiary/aromatic N) is 4. The third-order valence-electron chi connectivity index (χ3n) is 19.4. The van der Waals surface area contributed by atoms with E-state index in [2.05, 4.69) is 26.3 Å². The van der Waals surface area contributed by atoms with Crippen LogP contribution in [0.1, 0.15) is 142 Å². The minimum Gasteiger partial charge on any atom is -0.507 e. The van der Waals surface area contributed by atoms with Crippen molar-refractivity contribution in [1.82, 2.24) is 20.4 Å². The van der Waals surface area contributed by atoms with Crippen LogP contribution >= 0.6 is 0 Å². The number of aliphatic hydroxyl groups is 2. The maximum absolute atomic E-state index is 15.0. The number of hydrogen-bond acceptors (Lipinski definition) is 21. The summed E-state index contributed by atoms with van der Waals surface area (Å²) in [6, 6.07) is 4.86. The molecule has 0 radical (unpaired) electrons. The van der Waals surface area contributed by atoms with Crippen molar-refractivity contribution in [1.29, 1.82) is 0 Å². The van der Waals surface area contributed by atoms with E-state index in [1.54, 1.807) is 78.0 Å². The normalized spacial score (nSPS) is 25.4. The Balaban J connectivity index is 0.976. The van der Waals surface area contributed by atoms with Crippen LogP contribution in [0.3, 0.4) is 0 Å². The third kappa shape index (κ3) is 17.4. The summed E-state index contributed by atoms with van der Waals surface area (Å²) in [7, 11) is 1.42. The van der Waals surface area contributed by atoms with E-state index in [-0.39, 0.29) is 144 Å². The molecule has 1 saturated heterocycles. The highest BCUT2D eigenvalue weighted by Crippen LogP contribution is 2.51. The monoisotopic (exact) mass is 1390 g/mol. The fourth-order valence-corrected chi connectivity index (χ4v) is 13.3. The van der Waals surface area contributed by atoms with Crippen LogP contribution in [-0.4, -0.2) is 165 Å². The number of rotatable bonds is 21. The van der Waals surface area contributed by atoms with Crippen LogP contribution < -0.4 is 42.5 Å². The number of ketones is 2. The van der Waals surface area contributed by atoms with Crippen molar-refractivity contribution in [3.8, 4) is 17.2 Å². The van der Waals surface area contributed by atoms with Crippen LogP contribution in [0.15, 0.2) is 82.5 Å². The van der Waals surface area contributed by atoms with Gasteiger partial charge in [0.2, 0.25) is 11.8 Å². The molecule has 5 aliphatic rings. The van der Waals surface area contributed by atoms with Crippen LogP contribution in [-0.2, 0) is 59.1 Å². The Hall–Kier alpha value is -9.54. The average molecular weight is 1390 g/mol. The quantitative estimate of drug-likeness (QED) is 0.0255. The molecular formula is C72H93N9O19. The number of amides is 8. The number of esters is 1. The molecule has 1 fully saturated rings. The molecule has 540 valence electrons. The largest absolute Gasteiger partial charge is 0.507 e. The van der Waals surface area contributed by atoms with Gasteiger partial charge >= 0.3 is 23.9 Å². The van der Waals surface area contributed by atoms with Gasteiger partial charge in [-0.2, -0.15) is 0 Å². The number of benzene rings is 3. The maximum Gasteiger partial charge on any atom is 0.410 e. The van der Waals surface area contributed by atoms with Crippen LogP contribution in [0.4, 0.5) is 21.0 Å². The Morgan fingerprint density at radius 3 is 2.18 bits per heavy atom. The van der Waals surface area contributed by atoms with E-state index in [4.69, 9.17) is 34.4 Å². The molecule has 0 unspecified atom stereocenters. The standard InChI is InChI=1S/C72H93N9O19/c1-37(2)56(76-50(84)20-13-12-14-31-81-51(85)25-26-52(81)86)48(83)35-46(19-16-30-74-69(73)94)68(93)75-47-23-21-45(22-24-47)36-97-70(95)80-32-28-72(29-33-80)78-57-53-54-62(89)43(8)65-55(53)66(91)71(10,100-65)98-34-27-49(96-11)40(5)64(99-44(9)82)42(7)61(88)41(6)60(87)38(3)17-15-18-39(4)67(92)77-59(63(54)90)58(57)79-72/h15,17-18,21-27,34,37-38,40-42,46,49,56,60-61,64,78,87-90H,12-14,16,19-20,28-33,35-36H2,1-11H3,(H,75,93)(H,76,84)(H3,73,74,94)/b17-15+,34-27+,39-18-,77-59?/t38-,40+,41+,42+,46+,49-,56-,60-,61+,64+,71-/m0/s1. The lowest BCUT2D eigenvalue weighted by atomic mass is 9.78. The highest BCUT2D eigenvalue weighted by Gasteiger charge is 2.51. The molecule has 0 aromatic heterocycles. The lowest BCUT2D eigenvalue weighted by molar-refractivity contribution is -0.160. The number of primary amides is 1. The zero-order valence-electron chi connectivity index (χ0n) is 58.4. The minimum absolute atomic E-state index is 0.00553. The summed E-state index contributed by atoms with van der Waals surface area (Å²) in [6.45, 7) is 16.4. The molecule has 1 spiro atoms. The first kappa shape index (κ1) is 76.2. The average Bonchev–Trinajstić information content (AvgIpc) is 1.52. The second-order valence-corrected chi connectivity index (χ2v) is 27.1. The summed E-state index contributed by atoms with van der Waals surface area (Å²) < 4.78 is 29.9. The number of ether oxygens (including phenoxy) is 5. The molecule has 11 atom stereocenters. The van der Waals surface area contributed by atoms with Gasteiger partial charge in [-0.25, -0.2) is 14.6 Å². The van der Waals surface area contributed by atoms with Gasteiger partial charge < -0.3 is 76.0 Å². The van der Waals surface area contributed by atoms with Crippen LogP contribution in [0, 0.1) is 42.4 Å². The number of piperidine rings is 1. The number of nitrogens with two attached hydrogens (primary N) is 1. The van der Waals surface area contributed by atoms with Gasteiger partial charge in [0.25, 0.3) is 23.5 Å². The number of allylic oxidation sites excluding steroid dienone is 2. The van der Waals surface area contributed by atoms with Gasteiger partial charge in [-0.3, -0.25) is 48.2 Å². The number of likely N-dealkylation sites (tertiary alicyclic amines) is 1. The van der Waals surface area contributed by atoms with E-state index in [9.17, 15) is 63.6 Å². The van der Waals surface area contributed by atoms with Gasteiger partial charge in [0.15, 0.2) is 11.5 Å². The second kappa shape index (κ2) is 32.6. The summed E-state index contributed by atoms with van der Waals surface area (Å²) in [6.07, 6.45) is 7.18. The van der Waals surface area contributed by atoms with Crippen molar-refractivity contribution in [3.05, 3.63) is 100.0 Å². The fourth-order valence-electron chi connectivity index (χ4n) is 13.3. The number of urea groups is 1. The van der Waals surface area contributed by atoms with Crippen LogP contribution in [0.25, 0.3) is 10.8 Å². The van der Waals surface area contributed by atoms with E-state index < -0.39 is 119 Å². The molecule has 0 saturated carbocycles. The number of hydrogen-bond donors (Lipinski definition) is 9. The number of carbonyl (C=O) groups is 10. The summed E-state index contributed by atoms with van der Waals surface area (Å²) in [5.74, 6) is -11.3. The summed E-state index contributed by atoms with van der Waals surface area (Å²) >= 11 is 0. The molecule has 8 rings (SSSR count). The van der Waals surface area contributed by atoms with E-state index in [1.165, 1.54) is 70.3 Å². The Kier molecular flexibility index (Phi) is 24.9. The molecule has 3 aromatic rings. The van der Waals surface area contributed by atoms with Gasteiger partial charge in [-0.05, 0) is 69.2 Å². The van der Waals surface area contributed by atoms with Crippen molar-refractivity contribution < 1.29 is 92.1 Å². The van der Waals surface area contributed by atoms with Crippen molar-refractivity contribution in [2.24, 2.45) is 51.2 Å². The number of Topliss-reactive ketones (excluding diaryl/α,β-unsaturated/α-hetero) is 2. The number of imide groups is 1. The Bertz CT molecular complexity index is 3910. The molecule has 5 aliphatic heterocycles. The molecule has 4 bridgehead atoms. The molecule has 3 aromatic carbocycles. The molecule has 10 N–H and O–H groups in total. The van der Waals surface area contributed by atoms with Gasteiger partial charge in [0.05, 0.1) is 47.3 Å². The van der Waals surface area contributed by atoms with Crippen molar-refractivity contribution in [3.63, 3.8) is 0 Å². The zero-order valence-corrected chi connectivity index (χ0v) is 58.4. The van der Waals surface area contributed by atoms with Crippen LogP contribution in [0.5, 0.6) is 17.2 Å². The number of phenols is 2. The Morgan fingerprint density at radius 2 is 1.54 bits per heavy atom. The van der Waals surface area contributed by atoms with Crippen molar-refractivity contribution in [2.45, 2.75) is 176 Å². The van der Waals surface area contributed by atoms with E-state index in [0.717, 1.165) is 4.90 Å². The van der Waals surface area contributed by atoms with E-state index >= 15 is 4.79 Å². The van der Waals surface area contributed by atoms with Gasteiger partial charge in [-0.1, -0.05) is 78.3 Å². The molecule has 100 heavy (non-hydrogen) atoms. The highest BCUT2D eigenvalue weighted by molar-refractivity contribution is 6.22. The minimum atomic E-state index is -2.09. The SMILES string of the molecule is CO[C@H]1/C=C/O[C@@]2(C)Oc3c(C)c(O)c4c(O)c(c5c(c4c3C2=O)NC2(CCN(C(=O)OCc3ccc(NC(=O)[C@H](CCCNC(N)=O)CC(=O)[C@@H](NC(=O)CCCCCN4C(=O)C=CC4=O)C(C)C)cc3)CC2)N=5)=NC(=O)/C(C)=C\C=C\[C@H](C)[C@H](O)[C@@H](C)[C@@H](O)[C@@H](C)[C@H](OC(C)=O)[C@@H]1C. The van der Waals surface area contributed by atoms with E-state index in [0.29, 0.717) is 36.9 Å². The van der Waals surface area contributed by atoms with Gasteiger partial charge in [-0.15, -0.1) is 0 Å². The maximum atomic E-state index is 15.0. The first-order valence-electron chi connectivity index (χ1n) is 33.9. The highest BCUT2D eigenvalue weighted by atomic mass is 16.7. The predicted molar refractivity (Wildman–Crippen MR) is 364 cm³/mol. The molecule has 8 amide bonds. The summed E-state index contributed by atoms with van der Waals surface area (Å²) in [5.41, 5.74) is 5.15. The number of phenolic OH excluding ortho intramolecular Hbond substituents is 2. The first-order chi connectivity index (χ1) is 47.3. The third-order valence-corrected chi connectivity index (χ3v) is 19.4. The zero-order chi connectivity index (χ0) is 73.2. The van der Waals surface area contributed by atoms with Gasteiger partial charge in [0.1, 0.15) is 40.6 Å². The number of carbonyl (C=O) groups excluding carboxylic acids is 10. The summed E-state index contributed by atoms with van der Waals surface area (Å²) in [4.78, 5) is 144. The second-order valence-electron chi connectivity index (χ2n) is 27.1. The van der Waals surface area contributed by atoms with Gasteiger partial charge in [0, 0.05) is 137 Å². The van der Waals surface area contributed by atoms with Crippen molar-refractivity contribution >= 4 is 81.3 Å². The van der Waals surface area contributed by atoms with E-state index in [1.807, 2.05) is 0 Å². The summed E-state index contributed by atoms with van der Waals surface area (Å²) in [5, 5.41) is 58.7. The fraction of sp³-hybridized carbons (Fsp3) is 0.528. The number of aromatic hydroxyl groups is 2. The smallest absolute Gasteiger partial charge is 0.410 e. The molecule has 0 aliphatic carbocycles. The molecule has 28 heteroatoms. The lowest BCUT2D eigenvalue weighted by Crippen LogP contribution is -2.48. The topological polar surface area (TPSA) is 403 Å². The van der Waals surface area contributed by atoms with Crippen molar-refractivity contribution in [2.75, 3.05) is 43.9 Å². The number of anilines is 2. The first-order valence-corrected chi connectivity index (χ1v) is 33.9. The molecular weight excluding hydrogens is 1290 g/mol. The Morgan fingerprint density at radius 1 is 0.860 bits per heavy atom. The number of unbranched alkanes of at least 4 members (excludes halogenated alkanes) is 2. The predicted octanol–water partition coefficient (Wildman–Crippen LogP) is 6.02.